The number of carbonyl (C=O) groups is 1. The fraction of sp³-hybridized carbons (Fsp3) is 0.462. The van der Waals surface area contributed by atoms with Crippen molar-refractivity contribution in [3.05, 3.63) is 29.3 Å². The Labute approximate surface area is 112 Å². The predicted molar refractivity (Wildman–Crippen MR) is 70.9 cm³/mol. The summed E-state index contributed by atoms with van der Waals surface area (Å²) in [6, 6.07) is 7.04. The number of ether oxygens (including phenoxy) is 1. The van der Waals surface area contributed by atoms with E-state index in [9.17, 15) is 4.79 Å². The van der Waals surface area contributed by atoms with Crippen LogP contribution in [0.15, 0.2) is 24.3 Å². The molecule has 0 spiro atoms. The molecule has 0 aliphatic rings. The molecule has 0 aliphatic carbocycles. The molecule has 1 atom stereocenters. The van der Waals surface area contributed by atoms with Gasteiger partial charge in [-0.15, -0.1) is 0 Å². The molecule has 0 fully saturated rings. The molecule has 0 aliphatic heterocycles. The van der Waals surface area contributed by atoms with Crippen LogP contribution >= 0.6 is 11.6 Å². The fourth-order valence-corrected chi connectivity index (χ4v) is 1.51. The summed E-state index contributed by atoms with van der Waals surface area (Å²) in [6.45, 7) is 2.48. The van der Waals surface area contributed by atoms with Crippen molar-refractivity contribution >= 4 is 17.5 Å². The average Bonchev–Trinajstić information content (AvgIpc) is 2.28. The van der Waals surface area contributed by atoms with E-state index in [1.165, 1.54) is 0 Å². The minimum atomic E-state index is -0.395. The minimum Gasteiger partial charge on any atom is -0.493 e. The van der Waals surface area contributed by atoms with Crippen molar-refractivity contribution in [2.24, 2.45) is 0 Å². The van der Waals surface area contributed by atoms with Crippen LogP contribution in [0, 0.1) is 0 Å². The number of halogens is 1. The van der Waals surface area contributed by atoms with Gasteiger partial charge in [0.2, 0.25) is 5.91 Å². The van der Waals surface area contributed by atoms with Gasteiger partial charge in [-0.2, -0.15) is 0 Å². The van der Waals surface area contributed by atoms with Crippen LogP contribution in [0.1, 0.15) is 19.8 Å². The highest BCUT2D eigenvalue weighted by atomic mass is 35.5. The third-order valence-electron chi connectivity index (χ3n) is 2.28. The smallest absolute Gasteiger partial charge is 0.223 e. The molecule has 4 nitrogen and oxygen atoms in total. The first-order chi connectivity index (χ1) is 8.58. The lowest BCUT2D eigenvalue weighted by Crippen LogP contribution is -2.27. The quantitative estimate of drug-likeness (QED) is 0.797. The van der Waals surface area contributed by atoms with Crippen LogP contribution in [0.2, 0.25) is 5.02 Å². The van der Waals surface area contributed by atoms with Crippen LogP contribution in [-0.4, -0.2) is 30.3 Å². The van der Waals surface area contributed by atoms with Gasteiger partial charge in [0.25, 0.3) is 0 Å². The predicted octanol–water partition coefficient (Wildman–Crippen LogP) is 2.00. The maximum absolute atomic E-state index is 11.4. The summed E-state index contributed by atoms with van der Waals surface area (Å²) >= 11 is 5.80. The summed E-state index contributed by atoms with van der Waals surface area (Å²) in [6.07, 6.45) is 0.445. The van der Waals surface area contributed by atoms with E-state index in [2.05, 4.69) is 5.32 Å². The number of hydrogen-bond acceptors (Lipinski definition) is 3. The highest BCUT2D eigenvalue weighted by Gasteiger charge is 2.03. The largest absolute Gasteiger partial charge is 0.493 e. The van der Waals surface area contributed by atoms with E-state index in [1.54, 1.807) is 31.2 Å². The van der Waals surface area contributed by atoms with Gasteiger partial charge in [-0.05, 0) is 31.5 Å². The normalized spacial score (nSPS) is 11.9. The lowest BCUT2D eigenvalue weighted by atomic mass is 10.3. The van der Waals surface area contributed by atoms with Crippen LogP contribution in [-0.2, 0) is 4.79 Å². The number of nitrogens with one attached hydrogen (secondary N) is 1. The topological polar surface area (TPSA) is 58.6 Å². The molecule has 1 unspecified atom stereocenters. The third kappa shape index (κ3) is 6.47. The molecule has 2 N–H and O–H groups in total. The van der Waals surface area contributed by atoms with Crippen LogP contribution in [0.4, 0.5) is 0 Å². The van der Waals surface area contributed by atoms with Gasteiger partial charge >= 0.3 is 0 Å². The van der Waals surface area contributed by atoms with Crippen LogP contribution < -0.4 is 10.1 Å². The Morgan fingerprint density at radius 2 is 2.33 bits per heavy atom. The summed E-state index contributed by atoms with van der Waals surface area (Å²) in [7, 11) is 0. The van der Waals surface area contributed by atoms with Gasteiger partial charge in [0.05, 0.1) is 19.1 Å². The summed E-state index contributed by atoms with van der Waals surface area (Å²) in [5, 5.41) is 12.3. The molecular weight excluding hydrogens is 254 g/mol. The van der Waals surface area contributed by atoms with Gasteiger partial charge in [-0.25, -0.2) is 0 Å². The zero-order valence-electron chi connectivity index (χ0n) is 10.4. The van der Waals surface area contributed by atoms with Crippen molar-refractivity contribution in [1.29, 1.82) is 0 Å². The molecule has 5 heteroatoms. The first-order valence-corrected chi connectivity index (χ1v) is 6.29. The number of benzene rings is 1. The molecule has 0 saturated heterocycles. The van der Waals surface area contributed by atoms with E-state index in [0.29, 0.717) is 30.3 Å². The van der Waals surface area contributed by atoms with Gasteiger partial charge in [-0.3, -0.25) is 4.79 Å². The van der Waals surface area contributed by atoms with Gasteiger partial charge in [0.15, 0.2) is 0 Å². The molecule has 0 heterocycles. The average molecular weight is 272 g/mol. The highest BCUT2D eigenvalue weighted by molar-refractivity contribution is 6.30. The maximum atomic E-state index is 11.4. The van der Waals surface area contributed by atoms with Crippen LogP contribution in [0.25, 0.3) is 0 Å². The Morgan fingerprint density at radius 1 is 1.56 bits per heavy atom. The summed E-state index contributed by atoms with van der Waals surface area (Å²) in [5.74, 6) is 0.567. The van der Waals surface area contributed by atoms with Gasteiger partial charge < -0.3 is 15.2 Å². The van der Waals surface area contributed by atoms with E-state index in [1.807, 2.05) is 0 Å². The summed E-state index contributed by atoms with van der Waals surface area (Å²) in [4.78, 5) is 11.4. The first kappa shape index (κ1) is 14.8. The molecule has 1 amide bonds. The second-order valence-electron chi connectivity index (χ2n) is 4.04. The Kier molecular flexibility index (Phi) is 6.54. The number of hydrogen-bond donors (Lipinski definition) is 2. The van der Waals surface area contributed by atoms with Crippen LogP contribution in [0.3, 0.4) is 0 Å². The zero-order chi connectivity index (χ0) is 13.4. The van der Waals surface area contributed by atoms with Gasteiger partial charge in [0.1, 0.15) is 5.75 Å². The minimum absolute atomic E-state index is 0.0855. The van der Waals surface area contributed by atoms with Crippen molar-refractivity contribution < 1.29 is 14.6 Å². The SMILES string of the molecule is CC(O)CCNC(=O)CCOc1cccc(Cl)c1. The monoisotopic (exact) mass is 271 g/mol. The van der Waals surface area contributed by atoms with E-state index >= 15 is 0 Å². The van der Waals surface area contributed by atoms with Crippen molar-refractivity contribution in [2.75, 3.05) is 13.2 Å². The second kappa shape index (κ2) is 7.95. The fourth-order valence-electron chi connectivity index (χ4n) is 1.33. The van der Waals surface area contributed by atoms with E-state index in [-0.39, 0.29) is 12.3 Å². The summed E-state index contributed by atoms with van der Waals surface area (Å²) in [5.41, 5.74) is 0. The molecule has 0 radical (unpaired) electrons. The standard InChI is InChI=1S/C13H18ClNO3/c1-10(16)5-7-15-13(17)6-8-18-12-4-2-3-11(14)9-12/h2-4,9-10,16H,5-8H2,1H3,(H,15,17). The molecular formula is C13H18ClNO3. The Balaban J connectivity index is 2.15. The molecule has 100 valence electrons. The van der Waals surface area contributed by atoms with Gasteiger partial charge in [-0.1, -0.05) is 17.7 Å². The number of amides is 1. The van der Waals surface area contributed by atoms with Gasteiger partial charge in [0, 0.05) is 11.6 Å². The number of rotatable bonds is 7. The maximum Gasteiger partial charge on any atom is 0.223 e. The molecule has 0 saturated carbocycles. The van der Waals surface area contributed by atoms with E-state index in [0.717, 1.165) is 0 Å². The van der Waals surface area contributed by atoms with Crippen molar-refractivity contribution in [3.8, 4) is 5.75 Å². The van der Waals surface area contributed by atoms with Crippen molar-refractivity contribution in [1.82, 2.24) is 5.32 Å². The van der Waals surface area contributed by atoms with Crippen molar-refractivity contribution in [2.45, 2.75) is 25.9 Å². The molecule has 0 aromatic heterocycles. The molecule has 1 rings (SSSR count). The zero-order valence-corrected chi connectivity index (χ0v) is 11.1. The number of aliphatic hydroxyl groups is 1. The highest BCUT2D eigenvalue weighted by Crippen LogP contribution is 2.16. The molecule has 1 aromatic carbocycles. The van der Waals surface area contributed by atoms with E-state index < -0.39 is 6.10 Å². The summed E-state index contributed by atoms with van der Waals surface area (Å²) < 4.78 is 5.39. The molecule has 0 bridgehead atoms. The lowest BCUT2D eigenvalue weighted by molar-refractivity contribution is -0.121. The third-order valence-corrected chi connectivity index (χ3v) is 2.51. The lowest BCUT2D eigenvalue weighted by Gasteiger charge is -2.08. The Bertz CT molecular complexity index is 382. The Hall–Kier alpha value is -1.26. The second-order valence-corrected chi connectivity index (χ2v) is 4.48. The number of aliphatic hydroxyl groups excluding tert-OH is 1. The van der Waals surface area contributed by atoms with E-state index in [4.69, 9.17) is 21.4 Å². The molecule has 18 heavy (non-hydrogen) atoms. The molecule has 1 aromatic rings. The number of carbonyl (C=O) groups excluding carboxylic acids is 1. The Morgan fingerprint density at radius 3 is 3.00 bits per heavy atom. The first-order valence-electron chi connectivity index (χ1n) is 5.91. The van der Waals surface area contributed by atoms with Crippen LogP contribution in [0.5, 0.6) is 5.75 Å². The van der Waals surface area contributed by atoms with Crippen molar-refractivity contribution in [3.63, 3.8) is 0 Å².